The summed E-state index contributed by atoms with van der Waals surface area (Å²) < 4.78 is 0. The largest absolute Gasteiger partial charge is 0.388 e. The summed E-state index contributed by atoms with van der Waals surface area (Å²) in [5, 5.41) is 9.64. The van der Waals surface area contributed by atoms with E-state index in [-0.39, 0.29) is 18.5 Å². The Morgan fingerprint density at radius 2 is 2.38 bits per heavy atom. The van der Waals surface area contributed by atoms with Gasteiger partial charge in [-0.05, 0) is 13.3 Å². The number of nitrogens with two attached hydrogens (primary N) is 2. The van der Waals surface area contributed by atoms with Crippen LogP contribution in [0.25, 0.3) is 0 Å². The molecule has 0 aliphatic carbocycles. The molecule has 0 bridgehead atoms. The molecule has 5 heteroatoms. The van der Waals surface area contributed by atoms with Crippen molar-refractivity contribution in [1.82, 2.24) is 4.90 Å². The van der Waals surface area contributed by atoms with Crippen molar-refractivity contribution in [2.75, 3.05) is 19.6 Å². The highest BCUT2D eigenvalue weighted by atomic mass is 16.3. The van der Waals surface area contributed by atoms with Crippen LogP contribution in [0.15, 0.2) is 0 Å². The van der Waals surface area contributed by atoms with Crippen LogP contribution >= 0.6 is 0 Å². The molecule has 0 aromatic carbocycles. The molecule has 0 spiro atoms. The monoisotopic (exact) mass is 187 g/mol. The van der Waals surface area contributed by atoms with Crippen LogP contribution in [0.2, 0.25) is 0 Å². The Labute approximate surface area is 77.7 Å². The van der Waals surface area contributed by atoms with E-state index in [1.54, 1.807) is 6.92 Å². The number of carbonyl (C=O) groups excluding carboxylic acids is 1. The third kappa shape index (κ3) is 2.40. The highest BCUT2D eigenvalue weighted by Gasteiger charge is 2.36. The molecular weight excluding hydrogens is 170 g/mol. The van der Waals surface area contributed by atoms with Gasteiger partial charge in [0.25, 0.3) is 0 Å². The average molecular weight is 187 g/mol. The number of amides is 1. The van der Waals surface area contributed by atoms with Crippen molar-refractivity contribution < 1.29 is 9.90 Å². The zero-order valence-electron chi connectivity index (χ0n) is 7.86. The molecule has 0 saturated carbocycles. The van der Waals surface area contributed by atoms with Gasteiger partial charge >= 0.3 is 0 Å². The van der Waals surface area contributed by atoms with Gasteiger partial charge in [0, 0.05) is 19.6 Å². The summed E-state index contributed by atoms with van der Waals surface area (Å²) in [4.78, 5) is 12.7. The Balaban J connectivity index is 2.42. The highest BCUT2D eigenvalue weighted by molar-refractivity contribution is 5.80. The van der Waals surface area contributed by atoms with Crippen molar-refractivity contribution in [3.63, 3.8) is 0 Å². The fourth-order valence-electron chi connectivity index (χ4n) is 1.45. The first kappa shape index (κ1) is 10.4. The fraction of sp³-hybridized carbons (Fsp3) is 0.875. The molecule has 1 aliphatic heterocycles. The summed E-state index contributed by atoms with van der Waals surface area (Å²) in [5.41, 5.74) is 9.59. The van der Waals surface area contributed by atoms with Crippen molar-refractivity contribution in [2.45, 2.75) is 25.0 Å². The normalized spacial score (nSPS) is 27.8. The topological polar surface area (TPSA) is 92.6 Å². The Morgan fingerprint density at radius 1 is 1.77 bits per heavy atom. The van der Waals surface area contributed by atoms with E-state index in [1.807, 2.05) is 4.90 Å². The molecule has 1 amide bonds. The van der Waals surface area contributed by atoms with Crippen LogP contribution in [-0.4, -0.2) is 47.2 Å². The summed E-state index contributed by atoms with van der Waals surface area (Å²) in [6, 6.07) is -0.210. The maximum absolute atomic E-state index is 10.8. The number of hydrogen-bond donors (Lipinski definition) is 3. The Morgan fingerprint density at radius 3 is 2.69 bits per heavy atom. The van der Waals surface area contributed by atoms with Crippen LogP contribution in [0, 0.1) is 0 Å². The summed E-state index contributed by atoms with van der Waals surface area (Å²) in [5.74, 6) is -0.320. The van der Waals surface area contributed by atoms with Crippen LogP contribution in [0.5, 0.6) is 0 Å². The number of likely N-dealkylation sites (tertiary alicyclic amines) is 1. The van der Waals surface area contributed by atoms with Crippen LogP contribution in [0.1, 0.15) is 13.3 Å². The number of primary amides is 1. The first-order valence-corrected chi connectivity index (χ1v) is 4.42. The second-order valence-corrected chi connectivity index (χ2v) is 3.88. The summed E-state index contributed by atoms with van der Waals surface area (Å²) in [6.07, 6.45) is 0.788. The third-order valence-corrected chi connectivity index (χ3v) is 2.44. The molecule has 1 fully saturated rings. The second-order valence-electron chi connectivity index (χ2n) is 3.88. The summed E-state index contributed by atoms with van der Waals surface area (Å²) >= 11 is 0. The number of β-amino-alcohol motifs (C(OH)–C–C–N with tert-alkyl or cyclic N) is 1. The number of carbonyl (C=O) groups is 1. The van der Waals surface area contributed by atoms with Gasteiger partial charge < -0.3 is 16.6 Å². The minimum Gasteiger partial charge on any atom is -0.388 e. The fourth-order valence-corrected chi connectivity index (χ4v) is 1.45. The number of hydrogen-bond acceptors (Lipinski definition) is 4. The van der Waals surface area contributed by atoms with Gasteiger partial charge in [0.15, 0.2) is 0 Å². The van der Waals surface area contributed by atoms with Crippen molar-refractivity contribution >= 4 is 5.91 Å². The summed E-state index contributed by atoms with van der Waals surface area (Å²) in [7, 11) is 0. The lowest BCUT2D eigenvalue weighted by Gasteiger charge is -2.42. The maximum atomic E-state index is 10.8. The number of aliphatic hydroxyl groups is 1. The molecule has 2 atom stereocenters. The quantitative estimate of drug-likeness (QED) is 0.487. The lowest BCUT2D eigenvalue weighted by Crippen LogP contribution is -2.60. The van der Waals surface area contributed by atoms with Crippen LogP contribution in [0.4, 0.5) is 0 Å². The molecule has 1 aliphatic rings. The van der Waals surface area contributed by atoms with Gasteiger partial charge in [0.05, 0.1) is 11.6 Å². The Bertz CT molecular complexity index is 206. The minimum absolute atomic E-state index is 0.189. The van der Waals surface area contributed by atoms with Crippen LogP contribution in [-0.2, 0) is 4.79 Å². The van der Waals surface area contributed by atoms with E-state index in [9.17, 15) is 9.90 Å². The molecule has 5 nitrogen and oxygen atoms in total. The van der Waals surface area contributed by atoms with E-state index in [0.717, 1.165) is 13.0 Å². The van der Waals surface area contributed by atoms with Gasteiger partial charge in [-0.15, -0.1) is 0 Å². The summed E-state index contributed by atoms with van der Waals surface area (Å²) in [6.45, 7) is 3.07. The molecule has 0 radical (unpaired) electrons. The van der Waals surface area contributed by atoms with Gasteiger partial charge in [-0.3, -0.25) is 9.69 Å². The van der Waals surface area contributed by atoms with Gasteiger partial charge in [0.2, 0.25) is 5.91 Å². The molecule has 1 saturated heterocycles. The lowest BCUT2D eigenvalue weighted by atomic mass is 9.98. The van der Waals surface area contributed by atoms with Crippen LogP contribution < -0.4 is 11.5 Å². The van der Waals surface area contributed by atoms with E-state index < -0.39 is 5.60 Å². The molecule has 5 N–H and O–H groups in total. The molecule has 1 heterocycles. The molecule has 0 aromatic heterocycles. The predicted octanol–water partition coefficient (Wildman–Crippen LogP) is -1.74. The van der Waals surface area contributed by atoms with Crippen molar-refractivity contribution in [3.8, 4) is 0 Å². The maximum Gasteiger partial charge on any atom is 0.234 e. The van der Waals surface area contributed by atoms with Crippen molar-refractivity contribution in [3.05, 3.63) is 0 Å². The zero-order valence-corrected chi connectivity index (χ0v) is 7.86. The number of rotatable bonds is 4. The SMILES string of the molecule is CC(O)(CN)CN1CCC1C(N)=O. The van der Waals surface area contributed by atoms with E-state index >= 15 is 0 Å². The minimum atomic E-state index is -0.922. The molecule has 0 aromatic rings. The molecule has 2 unspecified atom stereocenters. The molecule has 1 rings (SSSR count). The van der Waals surface area contributed by atoms with Gasteiger partial charge in [-0.25, -0.2) is 0 Å². The van der Waals surface area contributed by atoms with E-state index in [2.05, 4.69) is 0 Å². The van der Waals surface area contributed by atoms with Crippen molar-refractivity contribution in [1.29, 1.82) is 0 Å². The van der Waals surface area contributed by atoms with Crippen LogP contribution in [0.3, 0.4) is 0 Å². The van der Waals surface area contributed by atoms with Gasteiger partial charge in [-0.2, -0.15) is 0 Å². The predicted molar refractivity (Wildman–Crippen MR) is 48.9 cm³/mol. The first-order chi connectivity index (χ1) is 5.96. The van der Waals surface area contributed by atoms with E-state index in [4.69, 9.17) is 11.5 Å². The Hall–Kier alpha value is -0.650. The third-order valence-electron chi connectivity index (χ3n) is 2.44. The molecule has 76 valence electrons. The van der Waals surface area contributed by atoms with Gasteiger partial charge in [-0.1, -0.05) is 0 Å². The smallest absolute Gasteiger partial charge is 0.234 e. The average Bonchev–Trinajstić information content (AvgIpc) is 1.97. The molecule has 13 heavy (non-hydrogen) atoms. The lowest BCUT2D eigenvalue weighted by molar-refractivity contribution is -0.129. The highest BCUT2D eigenvalue weighted by Crippen LogP contribution is 2.19. The Kier molecular flexibility index (Phi) is 2.90. The second kappa shape index (κ2) is 3.61. The zero-order chi connectivity index (χ0) is 10.1. The van der Waals surface area contributed by atoms with Gasteiger partial charge in [0.1, 0.15) is 0 Å². The first-order valence-electron chi connectivity index (χ1n) is 4.42. The number of nitrogens with zero attached hydrogens (tertiary/aromatic N) is 1. The van der Waals surface area contributed by atoms with Crippen molar-refractivity contribution in [2.24, 2.45) is 11.5 Å². The molecular formula is C8H17N3O2. The van der Waals surface area contributed by atoms with E-state index in [1.165, 1.54) is 0 Å². The van der Waals surface area contributed by atoms with E-state index in [0.29, 0.717) is 6.54 Å². The standard InChI is InChI=1S/C8H17N3O2/c1-8(13,4-9)5-11-3-2-6(11)7(10)12/h6,13H,2-5,9H2,1H3,(H2,10,12).